The van der Waals surface area contributed by atoms with Gasteiger partial charge < -0.3 is 15.0 Å². The lowest BCUT2D eigenvalue weighted by Gasteiger charge is -2.35. The van der Waals surface area contributed by atoms with Gasteiger partial charge in [-0.25, -0.2) is 5.84 Å². The van der Waals surface area contributed by atoms with Crippen LogP contribution in [0.15, 0.2) is 0 Å². The van der Waals surface area contributed by atoms with Crippen molar-refractivity contribution in [3.8, 4) is 0 Å². The van der Waals surface area contributed by atoms with E-state index in [-0.39, 0.29) is 0 Å². The molecule has 0 spiro atoms. The van der Waals surface area contributed by atoms with E-state index in [1.54, 1.807) is 0 Å². The van der Waals surface area contributed by atoms with Gasteiger partial charge in [-0.2, -0.15) is 15.0 Å². The Bertz CT molecular complexity index is 446. The van der Waals surface area contributed by atoms with Gasteiger partial charge in [0, 0.05) is 25.7 Å². The highest BCUT2D eigenvalue weighted by molar-refractivity contribution is 5.43. The van der Waals surface area contributed by atoms with Gasteiger partial charge in [0.25, 0.3) is 0 Å². The van der Waals surface area contributed by atoms with Crippen LogP contribution in [-0.4, -0.2) is 46.8 Å². The lowest BCUT2D eigenvalue weighted by molar-refractivity contribution is 0.00285. The summed E-state index contributed by atoms with van der Waals surface area (Å²) in [4.78, 5) is 15.1. The lowest BCUT2D eigenvalue weighted by Crippen LogP contribution is -2.41. The molecule has 0 aromatic carbocycles. The van der Waals surface area contributed by atoms with Crippen molar-refractivity contribution >= 4 is 17.8 Å². The van der Waals surface area contributed by atoms with E-state index in [0.717, 1.165) is 32.5 Å². The Hall–Kier alpha value is -1.67. The van der Waals surface area contributed by atoms with Crippen LogP contribution in [0, 0.1) is 0 Å². The molecule has 1 heterocycles. The summed E-state index contributed by atoms with van der Waals surface area (Å²) in [6, 6.07) is 0.346. The highest BCUT2D eigenvalue weighted by Crippen LogP contribution is 2.26. The molecule has 0 atom stereocenters. The Kier molecular flexibility index (Phi) is 5.51. The molecule has 1 saturated carbocycles. The summed E-state index contributed by atoms with van der Waals surface area (Å²) >= 11 is 0. The van der Waals surface area contributed by atoms with Crippen LogP contribution < -0.4 is 21.5 Å². The van der Waals surface area contributed by atoms with Crippen LogP contribution in [-0.2, 0) is 4.74 Å². The molecule has 0 amide bonds. The van der Waals surface area contributed by atoms with E-state index in [1.807, 2.05) is 6.92 Å². The van der Waals surface area contributed by atoms with Crippen molar-refractivity contribution in [3.63, 3.8) is 0 Å². The number of anilines is 3. The van der Waals surface area contributed by atoms with Gasteiger partial charge in [0.2, 0.25) is 17.8 Å². The number of hydrazine groups is 1. The maximum atomic E-state index is 5.55. The Morgan fingerprint density at radius 1 is 1.14 bits per heavy atom. The number of aromatic nitrogens is 3. The van der Waals surface area contributed by atoms with Gasteiger partial charge in [-0.05, 0) is 33.6 Å². The zero-order chi connectivity index (χ0) is 15.2. The van der Waals surface area contributed by atoms with Gasteiger partial charge in [-0.15, -0.1) is 0 Å². The van der Waals surface area contributed by atoms with Gasteiger partial charge in [0.15, 0.2) is 0 Å². The van der Waals surface area contributed by atoms with Crippen molar-refractivity contribution < 1.29 is 4.74 Å². The molecule has 1 aromatic rings. The topological polar surface area (TPSA) is 101 Å². The molecular weight excluding hydrogens is 270 g/mol. The molecule has 21 heavy (non-hydrogen) atoms. The molecule has 118 valence electrons. The Morgan fingerprint density at radius 3 is 2.38 bits per heavy atom. The third kappa shape index (κ3) is 3.92. The number of rotatable bonds is 8. The molecule has 0 saturated heterocycles. The molecule has 4 N–H and O–H groups in total. The van der Waals surface area contributed by atoms with Crippen molar-refractivity contribution in [2.75, 3.05) is 35.3 Å². The first-order chi connectivity index (χ1) is 10.2. The average molecular weight is 295 g/mol. The van der Waals surface area contributed by atoms with Crippen LogP contribution in [0.1, 0.15) is 33.6 Å². The first-order valence-corrected chi connectivity index (χ1v) is 7.55. The highest BCUT2D eigenvalue weighted by atomic mass is 16.5. The summed E-state index contributed by atoms with van der Waals surface area (Å²) < 4.78 is 5.55. The first kappa shape index (κ1) is 15.7. The molecule has 0 unspecified atom stereocenters. The molecule has 0 aliphatic heterocycles. The minimum Gasteiger partial charge on any atom is -0.378 e. The number of nitrogens with zero attached hydrogens (tertiary/aromatic N) is 4. The molecule has 8 heteroatoms. The van der Waals surface area contributed by atoms with Crippen LogP contribution in [0.3, 0.4) is 0 Å². The molecule has 8 nitrogen and oxygen atoms in total. The van der Waals surface area contributed by atoms with Crippen molar-refractivity contribution in [3.05, 3.63) is 0 Å². The number of hydrogen-bond donors (Lipinski definition) is 3. The quantitative estimate of drug-likeness (QED) is 0.482. The number of ether oxygens (including phenoxy) is 1. The fourth-order valence-electron chi connectivity index (χ4n) is 2.38. The molecule has 1 fully saturated rings. The summed E-state index contributed by atoms with van der Waals surface area (Å²) in [6.45, 7) is 8.57. The second-order valence-electron chi connectivity index (χ2n) is 4.99. The third-order valence-corrected chi connectivity index (χ3v) is 3.63. The van der Waals surface area contributed by atoms with E-state index in [0.29, 0.717) is 30.0 Å². The van der Waals surface area contributed by atoms with Crippen LogP contribution in [0.5, 0.6) is 0 Å². The monoisotopic (exact) mass is 295 g/mol. The zero-order valence-electron chi connectivity index (χ0n) is 13.0. The summed E-state index contributed by atoms with van der Waals surface area (Å²) in [7, 11) is 0. The predicted octanol–water partition coefficient (Wildman–Crippen LogP) is 0.983. The normalized spacial score (nSPS) is 20.8. The molecule has 1 aliphatic carbocycles. The highest BCUT2D eigenvalue weighted by Gasteiger charge is 2.30. The summed E-state index contributed by atoms with van der Waals surface area (Å²) in [6.07, 6.45) is 2.31. The third-order valence-electron chi connectivity index (χ3n) is 3.63. The molecule has 0 radical (unpaired) electrons. The SMILES string of the molecule is CCOC1CC(Nc2nc(NN)nc(N(CC)CC)n2)C1. The molecule has 2 rings (SSSR count). The smallest absolute Gasteiger partial charge is 0.243 e. The van der Waals surface area contributed by atoms with Gasteiger partial charge >= 0.3 is 0 Å². The standard InChI is InChI=1S/C13H25N7O/c1-4-20(5-2)13-17-11(16-12(18-13)19-14)15-9-7-10(8-9)21-6-3/h9-10H,4-8,14H2,1-3H3,(H2,15,16,17,18,19). The first-order valence-electron chi connectivity index (χ1n) is 7.55. The fraction of sp³-hybridized carbons (Fsp3) is 0.769. The number of nitrogens with two attached hydrogens (primary N) is 1. The van der Waals surface area contributed by atoms with E-state index in [1.165, 1.54) is 0 Å². The maximum Gasteiger partial charge on any atom is 0.243 e. The Labute approximate surface area is 125 Å². The van der Waals surface area contributed by atoms with Gasteiger partial charge in [-0.3, -0.25) is 5.43 Å². The maximum absolute atomic E-state index is 5.55. The molecular formula is C13H25N7O. The van der Waals surface area contributed by atoms with Gasteiger partial charge in [0.1, 0.15) is 0 Å². The minimum absolute atomic E-state index is 0.346. The van der Waals surface area contributed by atoms with Crippen LogP contribution in [0.4, 0.5) is 17.8 Å². The lowest BCUT2D eigenvalue weighted by atomic mass is 9.89. The molecule has 1 aliphatic rings. The average Bonchev–Trinajstić information content (AvgIpc) is 2.46. The fourth-order valence-corrected chi connectivity index (χ4v) is 2.38. The molecule has 1 aromatic heterocycles. The second-order valence-corrected chi connectivity index (χ2v) is 4.99. The second kappa shape index (κ2) is 7.37. The minimum atomic E-state index is 0.346. The van der Waals surface area contributed by atoms with Crippen LogP contribution >= 0.6 is 0 Å². The van der Waals surface area contributed by atoms with Crippen molar-refractivity contribution in [1.29, 1.82) is 0 Å². The van der Waals surface area contributed by atoms with E-state index in [2.05, 4.69) is 44.4 Å². The van der Waals surface area contributed by atoms with Crippen LogP contribution in [0.25, 0.3) is 0 Å². The Balaban J connectivity index is 2.03. The van der Waals surface area contributed by atoms with Crippen molar-refractivity contribution in [2.24, 2.45) is 5.84 Å². The van der Waals surface area contributed by atoms with Gasteiger partial charge in [-0.1, -0.05) is 0 Å². The summed E-state index contributed by atoms with van der Waals surface area (Å²) in [5.74, 6) is 7.00. The van der Waals surface area contributed by atoms with Crippen molar-refractivity contribution in [1.82, 2.24) is 15.0 Å². The predicted molar refractivity (Wildman–Crippen MR) is 83.3 cm³/mol. The van der Waals surface area contributed by atoms with Crippen molar-refractivity contribution in [2.45, 2.75) is 45.8 Å². The van der Waals surface area contributed by atoms with E-state index < -0.39 is 0 Å². The number of hydrogen-bond acceptors (Lipinski definition) is 8. The van der Waals surface area contributed by atoms with Crippen LogP contribution in [0.2, 0.25) is 0 Å². The summed E-state index contributed by atoms with van der Waals surface area (Å²) in [5, 5.41) is 3.32. The molecule has 0 bridgehead atoms. The largest absolute Gasteiger partial charge is 0.378 e. The number of nitrogen functional groups attached to an aromatic ring is 1. The Morgan fingerprint density at radius 2 is 1.81 bits per heavy atom. The van der Waals surface area contributed by atoms with E-state index in [9.17, 15) is 0 Å². The van der Waals surface area contributed by atoms with Gasteiger partial charge in [0.05, 0.1) is 6.10 Å². The zero-order valence-corrected chi connectivity index (χ0v) is 13.0. The summed E-state index contributed by atoms with van der Waals surface area (Å²) in [5.41, 5.74) is 2.50. The van der Waals surface area contributed by atoms with E-state index >= 15 is 0 Å². The van der Waals surface area contributed by atoms with E-state index in [4.69, 9.17) is 10.6 Å². The number of nitrogens with one attached hydrogen (secondary N) is 2.